The lowest BCUT2D eigenvalue weighted by Gasteiger charge is -2.38. The summed E-state index contributed by atoms with van der Waals surface area (Å²) in [6.45, 7) is 2.30. The van der Waals surface area contributed by atoms with Crippen molar-refractivity contribution < 1.29 is 4.39 Å². The van der Waals surface area contributed by atoms with E-state index in [4.69, 9.17) is 0 Å². The summed E-state index contributed by atoms with van der Waals surface area (Å²) in [4.78, 5) is 0. The van der Waals surface area contributed by atoms with Crippen LogP contribution >= 0.6 is 0 Å². The molecule has 0 aromatic heterocycles. The zero-order chi connectivity index (χ0) is 21.7. The molecule has 0 radical (unpaired) electrons. The topological polar surface area (TPSA) is 0 Å². The van der Waals surface area contributed by atoms with Gasteiger partial charge in [-0.25, -0.2) is 4.39 Å². The van der Waals surface area contributed by atoms with Gasteiger partial charge in [0.25, 0.3) is 0 Å². The molecular formula is C30H49F. The van der Waals surface area contributed by atoms with E-state index < -0.39 is 0 Å². The molecule has 2 aliphatic carbocycles. The first kappa shape index (κ1) is 24.8. The van der Waals surface area contributed by atoms with Gasteiger partial charge >= 0.3 is 0 Å². The van der Waals surface area contributed by atoms with Gasteiger partial charge in [-0.05, 0) is 73.8 Å². The standard InChI is InChI=1S/C30H49F/c1-2-3-4-5-6-7-8-9-10-11-14-25-17-19-26(20-18-25)27-21-23-28(24-22-27)29-15-12-13-16-30(29)31/h12-13,15-16,25-28H,2-11,14,17-24H2,1H3. The first-order chi connectivity index (χ1) is 15.3. The maximum Gasteiger partial charge on any atom is 0.126 e. The number of benzene rings is 1. The van der Waals surface area contributed by atoms with Crippen molar-refractivity contribution in [1.29, 1.82) is 0 Å². The Hall–Kier alpha value is -0.850. The van der Waals surface area contributed by atoms with Gasteiger partial charge in [-0.1, -0.05) is 109 Å². The average Bonchev–Trinajstić information content (AvgIpc) is 2.81. The molecular weight excluding hydrogens is 379 g/mol. The van der Waals surface area contributed by atoms with Gasteiger partial charge in [-0.2, -0.15) is 0 Å². The van der Waals surface area contributed by atoms with Crippen molar-refractivity contribution in [2.75, 3.05) is 0 Å². The Morgan fingerprint density at radius 3 is 1.74 bits per heavy atom. The molecule has 0 spiro atoms. The first-order valence-electron chi connectivity index (χ1n) is 14.0. The van der Waals surface area contributed by atoms with Gasteiger partial charge in [0.2, 0.25) is 0 Å². The minimum atomic E-state index is 0.0124. The molecule has 2 aliphatic rings. The van der Waals surface area contributed by atoms with Gasteiger partial charge < -0.3 is 0 Å². The molecule has 0 N–H and O–H groups in total. The Morgan fingerprint density at radius 2 is 1.16 bits per heavy atom. The third-order valence-corrected chi connectivity index (χ3v) is 8.64. The predicted molar refractivity (Wildman–Crippen MR) is 133 cm³/mol. The van der Waals surface area contributed by atoms with E-state index in [0.717, 1.165) is 23.3 Å². The van der Waals surface area contributed by atoms with Crippen molar-refractivity contribution in [2.45, 2.75) is 135 Å². The van der Waals surface area contributed by atoms with E-state index >= 15 is 0 Å². The Labute approximate surface area is 192 Å². The molecule has 2 fully saturated rings. The zero-order valence-electron chi connectivity index (χ0n) is 20.4. The van der Waals surface area contributed by atoms with E-state index in [9.17, 15) is 4.39 Å². The minimum Gasteiger partial charge on any atom is -0.207 e. The molecule has 3 rings (SSSR count). The molecule has 0 saturated heterocycles. The van der Waals surface area contributed by atoms with Crippen LogP contribution in [0.25, 0.3) is 0 Å². The maximum atomic E-state index is 14.1. The Morgan fingerprint density at radius 1 is 0.645 bits per heavy atom. The van der Waals surface area contributed by atoms with E-state index in [2.05, 4.69) is 6.92 Å². The van der Waals surface area contributed by atoms with E-state index in [1.54, 1.807) is 6.07 Å². The van der Waals surface area contributed by atoms with Crippen LogP contribution in [0.15, 0.2) is 24.3 Å². The highest BCUT2D eigenvalue weighted by molar-refractivity contribution is 5.22. The highest BCUT2D eigenvalue weighted by Crippen LogP contribution is 2.44. The maximum absolute atomic E-state index is 14.1. The summed E-state index contributed by atoms with van der Waals surface area (Å²) < 4.78 is 14.1. The van der Waals surface area contributed by atoms with Crippen LogP contribution in [0.2, 0.25) is 0 Å². The van der Waals surface area contributed by atoms with Gasteiger partial charge in [0.05, 0.1) is 0 Å². The second-order valence-electron chi connectivity index (χ2n) is 10.9. The van der Waals surface area contributed by atoms with Crippen LogP contribution in [0, 0.1) is 23.6 Å². The molecule has 1 aromatic carbocycles. The van der Waals surface area contributed by atoms with E-state index in [1.807, 2.05) is 18.2 Å². The first-order valence-corrected chi connectivity index (χ1v) is 14.0. The molecule has 1 heteroatoms. The fourth-order valence-electron chi connectivity index (χ4n) is 6.58. The SMILES string of the molecule is CCCCCCCCCCCCC1CCC(C2CCC(c3ccccc3F)CC2)CC1. The zero-order valence-corrected chi connectivity index (χ0v) is 20.4. The summed E-state index contributed by atoms with van der Waals surface area (Å²) in [6, 6.07) is 7.47. The summed E-state index contributed by atoms with van der Waals surface area (Å²) in [6.07, 6.45) is 26.9. The second kappa shape index (κ2) is 14.3. The molecule has 176 valence electrons. The van der Waals surface area contributed by atoms with Crippen molar-refractivity contribution in [3.05, 3.63) is 35.6 Å². The second-order valence-corrected chi connectivity index (χ2v) is 10.9. The molecule has 0 heterocycles. The lowest BCUT2D eigenvalue weighted by atomic mass is 9.68. The highest BCUT2D eigenvalue weighted by atomic mass is 19.1. The molecule has 2 saturated carbocycles. The van der Waals surface area contributed by atoms with Crippen molar-refractivity contribution in [3.63, 3.8) is 0 Å². The molecule has 31 heavy (non-hydrogen) atoms. The van der Waals surface area contributed by atoms with Gasteiger partial charge in [0.1, 0.15) is 5.82 Å². The van der Waals surface area contributed by atoms with E-state index in [0.29, 0.717) is 5.92 Å². The van der Waals surface area contributed by atoms with Gasteiger partial charge in [0, 0.05) is 0 Å². The number of hydrogen-bond acceptors (Lipinski definition) is 0. The highest BCUT2D eigenvalue weighted by Gasteiger charge is 2.31. The third kappa shape index (κ3) is 8.54. The minimum absolute atomic E-state index is 0.0124. The van der Waals surface area contributed by atoms with Crippen LogP contribution in [0.1, 0.15) is 140 Å². The molecule has 0 bridgehead atoms. The Kier molecular flexibility index (Phi) is 11.5. The van der Waals surface area contributed by atoms with Crippen LogP contribution in [-0.2, 0) is 0 Å². The quantitative estimate of drug-likeness (QED) is 0.274. The van der Waals surface area contributed by atoms with Crippen molar-refractivity contribution >= 4 is 0 Å². The molecule has 0 aliphatic heterocycles. The van der Waals surface area contributed by atoms with Gasteiger partial charge in [0.15, 0.2) is 0 Å². The van der Waals surface area contributed by atoms with Crippen LogP contribution < -0.4 is 0 Å². The summed E-state index contributed by atoms with van der Waals surface area (Å²) in [5.41, 5.74) is 0.973. The molecule has 0 nitrogen and oxygen atoms in total. The van der Waals surface area contributed by atoms with Crippen molar-refractivity contribution in [2.24, 2.45) is 17.8 Å². The van der Waals surface area contributed by atoms with E-state index in [-0.39, 0.29) is 5.82 Å². The fourth-order valence-corrected chi connectivity index (χ4v) is 6.58. The van der Waals surface area contributed by atoms with Crippen LogP contribution in [0.3, 0.4) is 0 Å². The lowest BCUT2D eigenvalue weighted by molar-refractivity contribution is 0.155. The number of rotatable bonds is 13. The predicted octanol–water partition coefficient (Wildman–Crippen LogP) is 10.2. The normalized spacial score (nSPS) is 26.8. The van der Waals surface area contributed by atoms with Crippen molar-refractivity contribution in [1.82, 2.24) is 0 Å². The number of halogens is 1. The van der Waals surface area contributed by atoms with E-state index in [1.165, 1.54) is 122 Å². The average molecular weight is 429 g/mol. The Bertz CT molecular complexity index is 578. The van der Waals surface area contributed by atoms with Crippen LogP contribution in [0.5, 0.6) is 0 Å². The van der Waals surface area contributed by atoms with Crippen LogP contribution in [0.4, 0.5) is 4.39 Å². The largest absolute Gasteiger partial charge is 0.207 e. The number of unbranched alkanes of at least 4 members (excludes halogenated alkanes) is 9. The van der Waals surface area contributed by atoms with Gasteiger partial charge in [-0.15, -0.1) is 0 Å². The smallest absolute Gasteiger partial charge is 0.126 e. The summed E-state index contributed by atoms with van der Waals surface area (Å²) in [5.74, 6) is 3.37. The molecule has 0 amide bonds. The van der Waals surface area contributed by atoms with Crippen LogP contribution in [-0.4, -0.2) is 0 Å². The lowest BCUT2D eigenvalue weighted by Crippen LogP contribution is -2.25. The summed E-state index contributed by atoms with van der Waals surface area (Å²) >= 11 is 0. The Balaban J connectivity index is 1.21. The molecule has 1 aromatic rings. The monoisotopic (exact) mass is 428 g/mol. The van der Waals surface area contributed by atoms with Crippen molar-refractivity contribution in [3.8, 4) is 0 Å². The summed E-state index contributed by atoms with van der Waals surface area (Å²) in [5, 5.41) is 0. The fraction of sp³-hybridized carbons (Fsp3) is 0.800. The summed E-state index contributed by atoms with van der Waals surface area (Å²) in [7, 11) is 0. The molecule has 0 atom stereocenters. The van der Waals surface area contributed by atoms with Gasteiger partial charge in [-0.3, -0.25) is 0 Å². The molecule has 0 unspecified atom stereocenters. The number of hydrogen-bond donors (Lipinski definition) is 0. The third-order valence-electron chi connectivity index (χ3n) is 8.64.